The van der Waals surface area contributed by atoms with Gasteiger partial charge in [0.2, 0.25) is 0 Å². The highest BCUT2D eigenvalue weighted by atomic mass is 32.1. The van der Waals surface area contributed by atoms with Crippen LogP contribution in [0.5, 0.6) is 0 Å². The van der Waals surface area contributed by atoms with Gasteiger partial charge in [0.15, 0.2) is 0 Å². The van der Waals surface area contributed by atoms with Crippen LogP contribution < -0.4 is 0 Å². The molecule has 0 radical (unpaired) electrons. The lowest BCUT2D eigenvalue weighted by Gasteiger charge is -1.98. The predicted molar refractivity (Wildman–Crippen MR) is 88.0 cm³/mol. The zero-order chi connectivity index (χ0) is 15.0. The van der Waals surface area contributed by atoms with Crippen molar-refractivity contribution in [2.45, 2.75) is 13.8 Å². The maximum Gasteiger partial charge on any atom is 0.134 e. The summed E-state index contributed by atoms with van der Waals surface area (Å²) >= 11 is 1.51. The second kappa shape index (κ2) is 5.19. The molecule has 0 saturated heterocycles. The molecule has 3 rings (SSSR count). The fourth-order valence-electron chi connectivity index (χ4n) is 2.50. The number of rotatable bonds is 2. The van der Waals surface area contributed by atoms with Crippen molar-refractivity contribution in [3.05, 3.63) is 51.6 Å². The maximum absolute atomic E-state index is 9.46. The summed E-state index contributed by atoms with van der Waals surface area (Å²) in [6, 6.07) is 10.5. The number of benzene rings is 1. The Morgan fingerprint density at radius 1 is 1.33 bits per heavy atom. The highest BCUT2D eigenvalue weighted by Crippen LogP contribution is 2.29. The molecule has 0 saturated carbocycles. The van der Waals surface area contributed by atoms with Gasteiger partial charge in [-0.25, -0.2) is 4.98 Å². The number of hydrogen-bond acceptors (Lipinski definition) is 3. The standard InChI is InChI=1S/C17H15N3S/c1-11-10-21-17(19-11)13(9-18)8-15-12(2)20(3)16-7-5-4-6-14(15)16/h4-8,10H,1-3H3/b13-8-. The van der Waals surface area contributed by atoms with Crippen molar-refractivity contribution in [1.29, 1.82) is 5.26 Å². The van der Waals surface area contributed by atoms with Crippen molar-refractivity contribution in [2.75, 3.05) is 0 Å². The second-order valence-electron chi connectivity index (χ2n) is 5.04. The minimum absolute atomic E-state index is 0.618. The molecule has 0 aliphatic heterocycles. The zero-order valence-electron chi connectivity index (χ0n) is 12.2. The third-order valence-corrected chi connectivity index (χ3v) is 4.70. The molecule has 0 fully saturated rings. The molecule has 0 atom stereocenters. The van der Waals surface area contributed by atoms with E-state index < -0.39 is 0 Å². The zero-order valence-corrected chi connectivity index (χ0v) is 13.0. The molecule has 2 heterocycles. The number of thiazole rings is 1. The van der Waals surface area contributed by atoms with Crippen LogP contribution in [-0.4, -0.2) is 9.55 Å². The van der Waals surface area contributed by atoms with Gasteiger partial charge < -0.3 is 4.57 Å². The average Bonchev–Trinajstić information content (AvgIpc) is 3.02. The molecule has 4 heteroatoms. The van der Waals surface area contributed by atoms with E-state index in [1.807, 2.05) is 30.5 Å². The topological polar surface area (TPSA) is 41.6 Å². The van der Waals surface area contributed by atoms with Gasteiger partial charge in [0.1, 0.15) is 11.1 Å². The lowest BCUT2D eigenvalue weighted by atomic mass is 10.1. The monoisotopic (exact) mass is 293 g/mol. The van der Waals surface area contributed by atoms with Crippen LogP contribution in [0.15, 0.2) is 29.6 Å². The fraction of sp³-hybridized carbons (Fsp3) is 0.176. The van der Waals surface area contributed by atoms with Crippen LogP contribution in [0.4, 0.5) is 0 Å². The molecular weight excluding hydrogens is 278 g/mol. The van der Waals surface area contributed by atoms with Crippen LogP contribution in [0.25, 0.3) is 22.6 Å². The summed E-state index contributed by atoms with van der Waals surface area (Å²) in [5.41, 5.74) is 4.99. The quantitative estimate of drug-likeness (QED) is 0.660. The Morgan fingerprint density at radius 2 is 2.10 bits per heavy atom. The number of para-hydroxylation sites is 1. The Kier molecular flexibility index (Phi) is 3.36. The van der Waals surface area contributed by atoms with E-state index in [0.29, 0.717) is 5.57 Å². The van der Waals surface area contributed by atoms with Crippen LogP contribution in [0, 0.1) is 25.2 Å². The van der Waals surface area contributed by atoms with E-state index in [-0.39, 0.29) is 0 Å². The van der Waals surface area contributed by atoms with Gasteiger partial charge in [0.05, 0.1) is 5.57 Å². The van der Waals surface area contributed by atoms with Gasteiger partial charge >= 0.3 is 0 Å². The van der Waals surface area contributed by atoms with Gasteiger partial charge in [-0.2, -0.15) is 5.26 Å². The van der Waals surface area contributed by atoms with Crippen LogP contribution in [0.1, 0.15) is 22.0 Å². The number of fused-ring (bicyclic) bond motifs is 1. The fourth-order valence-corrected chi connectivity index (χ4v) is 3.26. The first-order valence-electron chi connectivity index (χ1n) is 6.70. The molecular formula is C17H15N3S. The molecule has 0 spiro atoms. The first-order valence-corrected chi connectivity index (χ1v) is 7.58. The normalized spacial score (nSPS) is 11.8. The highest BCUT2D eigenvalue weighted by molar-refractivity contribution is 7.11. The Morgan fingerprint density at radius 3 is 2.76 bits per heavy atom. The van der Waals surface area contributed by atoms with Crippen molar-refractivity contribution in [1.82, 2.24) is 9.55 Å². The third-order valence-electron chi connectivity index (χ3n) is 3.71. The number of allylic oxidation sites excluding steroid dienone is 1. The smallest absolute Gasteiger partial charge is 0.134 e. The molecule has 0 N–H and O–H groups in total. The van der Waals surface area contributed by atoms with E-state index in [1.165, 1.54) is 22.2 Å². The molecule has 0 aliphatic carbocycles. The molecule has 0 aliphatic rings. The van der Waals surface area contributed by atoms with Crippen molar-refractivity contribution in [2.24, 2.45) is 7.05 Å². The Balaban J connectivity index is 2.23. The van der Waals surface area contributed by atoms with E-state index >= 15 is 0 Å². The lowest BCUT2D eigenvalue weighted by molar-refractivity contribution is 0.916. The average molecular weight is 293 g/mol. The van der Waals surface area contributed by atoms with Crippen molar-refractivity contribution < 1.29 is 0 Å². The summed E-state index contributed by atoms with van der Waals surface area (Å²) in [6.07, 6.45) is 1.95. The summed E-state index contributed by atoms with van der Waals surface area (Å²) < 4.78 is 2.16. The van der Waals surface area contributed by atoms with Crippen LogP contribution in [0.2, 0.25) is 0 Å². The molecule has 0 bridgehead atoms. The van der Waals surface area contributed by atoms with Crippen LogP contribution >= 0.6 is 11.3 Å². The molecule has 3 aromatic rings. The van der Waals surface area contributed by atoms with Gasteiger partial charge in [-0.1, -0.05) is 18.2 Å². The summed E-state index contributed by atoms with van der Waals surface area (Å²) in [7, 11) is 2.05. The van der Waals surface area contributed by atoms with E-state index in [2.05, 4.69) is 41.7 Å². The van der Waals surface area contributed by atoms with Gasteiger partial charge in [-0.05, 0) is 26.0 Å². The molecule has 3 nitrogen and oxygen atoms in total. The Labute approximate surface area is 127 Å². The van der Waals surface area contributed by atoms with E-state index in [0.717, 1.165) is 22.0 Å². The predicted octanol–water partition coefficient (Wildman–Crippen LogP) is 4.32. The summed E-state index contributed by atoms with van der Waals surface area (Å²) in [5.74, 6) is 0. The van der Waals surface area contributed by atoms with Crippen molar-refractivity contribution >= 4 is 33.9 Å². The third kappa shape index (κ3) is 2.26. The maximum atomic E-state index is 9.46. The molecule has 1 aromatic carbocycles. The minimum atomic E-state index is 0.618. The van der Waals surface area contributed by atoms with E-state index in [9.17, 15) is 5.26 Å². The number of hydrogen-bond donors (Lipinski definition) is 0. The first-order chi connectivity index (χ1) is 10.1. The first kappa shape index (κ1) is 13.6. The Bertz CT molecular complexity index is 891. The number of aromatic nitrogens is 2. The van der Waals surface area contributed by atoms with Crippen molar-refractivity contribution in [3.63, 3.8) is 0 Å². The summed E-state index contributed by atoms with van der Waals surface area (Å²) in [4.78, 5) is 4.42. The summed E-state index contributed by atoms with van der Waals surface area (Å²) in [6.45, 7) is 4.02. The number of aryl methyl sites for hydroxylation is 2. The highest BCUT2D eigenvalue weighted by Gasteiger charge is 2.12. The summed E-state index contributed by atoms with van der Waals surface area (Å²) in [5, 5.41) is 13.4. The minimum Gasteiger partial charge on any atom is -0.347 e. The molecule has 0 unspecified atom stereocenters. The molecule has 2 aromatic heterocycles. The second-order valence-corrected chi connectivity index (χ2v) is 5.90. The van der Waals surface area contributed by atoms with Gasteiger partial charge in [0, 0.05) is 40.3 Å². The number of nitrogens with zero attached hydrogens (tertiary/aromatic N) is 3. The van der Waals surface area contributed by atoms with Gasteiger partial charge in [-0.15, -0.1) is 11.3 Å². The van der Waals surface area contributed by atoms with E-state index in [4.69, 9.17) is 0 Å². The number of nitriles is 1. The van der Waals surface area contributed by atoms with Crippen LogP contribution in [0.3, 0.4) is 0 Å². The largest absolute Gasteiger partial charge is 0.347 e. The SMILES string of the molecule is Cc1csc(/C(C#N)=C\c2c(C)n(C)c3ccccc23)n1. The molecule has 0 amide bonds. The van der Waals surface area contributed by atoms with Crippen molar-refractivity contribution in [3.8, 4) is 6.07 Å². The van der Waals surface area contributed by atoms with Gasteiger partial charge in [-0.3, -0.25) is 0 Å². The van der Waals surface area contributed by atoms with Crippen LogP contribution in [-0.2, 0) is 7.05 Å². The Hall–Kier alpha value is -2.38. The lowest BCUT2D eigenvalue weighted by Crippen LogP contribution is -1.90. The molecule has 104 valence electrons. The molecule has 21 heavy (non-hydrogen) atoms. The van der Waals surface area contributed by atoms with E-state index in [1.54, 1.807) is 0 Å². The van der Waals surface area contributed by atoms with Gasteiger partial charge in [0.25, 0.3) is 0 Å².